The van der Waals surface area contributed by atoms with Crippen LogP contribution in [0.5, 0.6) is 0 Å². The average Bonchev–Trinajstić information content (AvgIpc) is 2.91. The molecule has 0 aliphatic carbocycles. The van der Waals surface area contributed by atoms with Crippen LogP contribution in [0, 0.1) is 5.92 Å². The monoisotopic (exact) mass is 302 g/mol. The Hall–Kier alpha value is -1.88. The van der Waals surface area contributed by atoms with Crippen LogP contribution in [0.2, 0.25) is 0 Å². The van der Waals surface area contributed by atoms with Crippen LogP contribution in [0.3, 0.4) is 0 Å². The first-order valence-electron chi connectivity index (χ1n) is 8.04. The maximum atomic E-state index is 9.43. The lowest BCUT2D eigenvalue weighted by molar-refractivity contribution is 0.249. The van der Waals surface area contributed by atoms with Crippen LogP contribution in [0.15, 0.2) is 24.4 Å². The highest BCUT2D eigenvalue weighted by Gasteiger charge is 2.13. The van der Waals surface area contributed by atoms with Crippen molar-refractivity contribution >= 4 is 17.5 Å². The van der Waals surface area contributed by atoms with Crippen molar-refractivity contribution in [3.8, 4) is 0 Å². The van der Waals surface area contributed by atoms with Gasteiger partial charge in [0.15, 0.2) is 5.65 Å². The summed E-state index contributed by atoms with van der Waals surface area (Å²) in [6.45, 7) is 6.43. The van der Waals surface area contributed by atoms with Crippen LogP contribution >= 0.6 is 0 Å². The highest BCUT2D eigenvalue weighted by Crippen LogP contribution is 2.14. The zero-order valence-corrected chi connectivity index (χ0v) is 13.7. The minimum absolute atomic E-state index is 0.00276. The van der Waals surface area contributed by atoms with E-state index in [1.165, 1.54) is 12.8 Å². The topological polar surface area (TPSA) is 62.5 Å². The van der Waals surface area contributed by atoms with E-state index in [-0.39, 0.29) is 12.6 Å². The van der Waals surface area contributed by atoms with E-state index in [0.29, 0.717) is 5.92 Å². The van der Waals surface area contributed by atoms with Gasteiger partial charge in [0.1, 0.15) is 5.82 Å². The van der Waals surface area contributed by atoms with Gasteiger partial charge in [0.25, 0.3) is 0 Å². The molecule has 2 aromatic heterocycles. The van der Waals surface area contributed by atoms with E-state index in [1.807, 2.05) is 22.8 Å². The molecule has 0 radical (unpaired) electrons. The van der Waals surface area contributed by atoms with Gasteiger partial charge < -0.3 is 10.4 Å². The first-order chi connectivity index (χ1) is 10.7. The summed E-state index contributed by atoms with van der Waals surface area (Å²) in [5.74, 6) is 1.08. The van der Waals surface area contributed by atoms with E-state index in [1.54, 1.807) is 0 Å². The summed E-state index contributed by atoms with van der Waals surface area (Å²) in [6, 6.07) is 3.84. The SMILES string of the molecule is CCCC/C=C/c1cnc2ccc(N[C@H](CO)C(C)C)nn12. The smallest absolute Gasteiger partial charge is 0.154 e. The Balaban J connectivity index is 2.19. The van der Waals surface area contributed by atoms with Gasteiger partial charge in [-0.2, -0.15) is 0 Å². The number of aliphatic hydroxyl groups is 1. The number of hydrogen-bond donors (Lipinski definition) is 2. The number of allylic oxidation sites excluding steroid dienone is 1. The number of imidazole rings is 1. The van der Waals surface area contributed by atoms with Gasteiger partial charge in [-0.1, -0.05) is 39.7 Å². The minimum atomic E-state index is -0.00276. The predicted molar refractivity (Wildman–Crippen MR) is 90.9 cm³/mol. The number of nitrogens with zero attached hydrogens (tertiary/aromatic N) is 3. The van der Waals surface area contributed by atoms with E-state index < -0.39 is 0 Å². The fourth-order valence-corrected chi connectivity index (χ4v) is 2.22. The quantitative estimate of drug-likeness (QED) is 0.734. The van der Waals surface area contributed by atoms with Crippen molar-refractivity contribution in [3.63, 3.8) is 0 Å². The lowest BCUT2D eigenvalue weighted by Crippen LogP contribution is -2.30. The summed E-state index contributed by atoms with van der Waals surface area (Å²) in [5.41, 5.74) is 1.80. The Morgan fingerprint density at radius 2 is 2.18 bits per heavy atom. The molecule has 0 amide bonds. The third kappa shape index (κ3) is 4.07. The Bertz CT molecular complexity index is 618. The normalized spacial score (nSPS) is 13.3. The van der Waals surface area contributed by atoms with Crippen molar-refractivity contribution in [1.82, 2.24) is 14.6 Å². The molecule has 0 spiro atoms. The Kier molecular flexibility index (Phi) is 5.95. The van der Waals surface area contributed by atoms with Crippen molar-refractivity contribution in [2.24, 2.45) is 5.92 Å². The van der Waals surface area contributed by atoms with Gasteiger partial charge in [0.2, 0.25) is 0 Å². The van der Waals surface area contributed by atoms with Crippen molar-refractivity contribution in [2.75, 3.05) is 11.9 Å². The van der Waals surface area contributed by atoms with Crippen LogP contribution < -0.4 is 5.32 Å². The van der Waals surface area contributed by atoms with Gasteiger partial charge in [-0.3, -0.25) is 0 Å². The highest BCUT2D eigenvalue weighted by molar-refractivity contribution is 5.53. The van der Waals surface area contributed by atoms with Crippen LogP contribution in [0.1, 0.15) is 45.7 Å². The Morgan fingerprint density at radius 3 is 2.86 bits per heavy atom. The maximum Gasteiger partial charge on any atom is 0.154 e. The molecular weight excluding hydrogens is 276 g/mol. The Labute approximate surface area is 132 Å². The molecule has 0 aromatic carbocycles. The second-order valence-corrected chi connectivity index (χ2v) is 5.89. The van der Waals surface area contributed by atoms with Gasteiger partial charge in [-0.25, -0.2) is 9.50 Å². The number of hydrogen-bond acceptors (Lipinski definition) is 4. The van der Waals surface area contributed by atoms with Gasteiger partial charge in [0.05, 0.1) is 24.5 Å². The first-order valence-corrected chi connectivity index (χ1v) is 8.04. The fraction of sp³-hybridized carbons (Fsp3) is 0.529. The molecule has 2 aromatic rings. The summed E-state index contributed by atoms with van der Waals surface area (Å²) < 4.78 is 1.83. The van der Waals surface area contributed by atoms with Crippen LogP contribution in [0.4, 0.5) is 5.82 Å². The molecule has 2 rings (SSSR count). The molecule has 0 aliphatic heterocycles. The standard InChI is InChI=1S/C17H26N4O/c1-4-5-6-7-8-14-11-18-17-10-9-16(20-21(14)17)19-15(12-22)13(2)3/h7-11,13,15,22H,4-6,12H2,1-3H3,(H,19,20)/b8-7+/t15-/m1/s1. The molecule has 22 heavy (non-hydrogen) atoms. The second kappa shape index (κ2) is 7.94. The van der Waals surface area contributed by atoms with Crippen molar-refractivity contribution in [2.45, 2.75) is 46.1 Å². The van der Waals surface area contributed by atoms with Gasteiger partial charge in [-0.15, -0.1) is 5.10 Å². The van der Waals surface area contributed by atoms with Crippen molar-refractivity contribution < 1.29 is 5.11 Å². The number of unbranched alkanes of at least 4 members (excludes halogenated alkanes) is 2. The molecule has 2 heterocycles. The third-order valence-corrected chi connectivity index (χ3v) is 3.74. The lowest BCUT2D eigenvalue weighted by Gasteiger charge is -2.20. The largest absolute Gasteiger partial charge is 0.394 e. The zero-order valence-electron chi connectivity index (χ0n) is 13.7. The molecule has 0 aliphatic rings. The van der Waals surface area contributed by atoms with Crippen LogP contribution in [-0.4, -0.2) is 32.4 Å². The molecule has 0 unspecified atom stereocenters. The predicted octanol–water partition coefficient (Wildman–Crippen LogP) is 3.36. The molecule has 0 bridgehead atoms. The first kappa shape index (κ1) is 16.5. The summed E-state index contributed by atoms with van der Waals surface area (Å²) in [5, 5.41) is 17.3. The molecule has 5 nitrogen and oxygen atoms in total. The maximum absolute atomic E-state index is 9.43. The molecule has 1 atom stereocenters. The van der Waals surface area contributed by atoms with E-state index in [4.69, 9.17) is 0 Å². The lowest BCUT2D eigenvalue weighted by atomic mass is 10.1. The number of aromatic nitrogens is 3. The number of fused-ring (bicyclic) bond motifs is 1. The summed E-state index contributed by atoms with van der Waals surface area (Å²) >= 11 is 0. The number of aliphatic hydroxyl groups excluding tert-OH is 1. The average molecular weight is 302 g/mol. The molecular formula is C17H26N4O. The number of anilines is 1. The zero-order chi connectivity index (χ0) is 15.9. The minimum Gasteiger partial charge on any atom is -0.394 e. The summed E-state index contributed by atoms with van der Waals surface area (Å²) in [7, 11) is 0. The molecule has 0 saturated carbocycles. The van der Waals surface area contributed by atoms with Crippen LogP contribution in [0.25, 0.3) is 11.7 Å². The van der Waals surface area contributed by atoms with Gasteiger partial charge >= 0.3 is 0 Å². The van der Waals surface area contributed by atoms with Gasteiger partial charge in [0, 0.05) is 0 Å². The van der Waals surface area contributed by atoms with Crippen LogP contribution in [-0.2, 0) is 0 Å². The molecule has 120 valence electrons. The summed E-state index contributed by atoms with van der Waals surface area (Å²) in [6.07, 6.45) is 9.53. The molecule has 5 heteroatoms. The van der Waals surface area contributed by atoms with Crippen molar-refractivity contribution in [3.05, 3.63) is 30.1 Å². The molecule has 2 N–H and O–H groups in total. The third-order valence-electron chi connectivity index (χ3n) is 3.74. The van der Waals surface area contributed by atoms with E-state index in [2.05, 4.69) is 48.3 Å². The number of nitrogens with one attached hydrogen (secondary N) is 1. The highest BCUT2D eigenvalue weighted by atomic mass is 16.3. The van der Waals surface area contributed by atoms with E-state index in [9.17, 15) is 5.11 Å². The van der Waals surface area contributed by atoms with E-state index in [0.717, 1.165) is 23.6 Å². The fourth-order valence-electron chi connectivity index (χ4n) is 2.22. The summed E-state index contributed by atoms with van der Waals surface area (Å²) in [4.78, 5) is 4.37. The second-order valence-electron chi connectivity index (χ2n) is 5.89. The van der Waals surface area contributed by atoms with E-state index >= 15 is 0 Å². The molecule has 0 fully saturated rings. The Morgan fingerprint density at radius 1 is 1.36 bits per heavy atom. The van der Waals surface area contributed by atoms with Crippen molar-refractivity contribution in [1.29, 1.82) is 0 Å². The number of rotatable bonds is 8. The van der Waals surface area contributed by atoms with Gasteiger partial charge in [-0.05, 0) is 30.5 Å². The molecule has 0 saturated heterocycles.